The molecule has 1 amide bonds. The number of aliphatic imine (C=N–C) groups is 1. The second-order valence-corrected chi connectivity index (χ2v) is 6.07. The van der Waals surface area contributed by atoms with Gasteiger partial charge in [-0.1, -0.05) is 32.0 Å². The molecule has 1 aromatic rings. The minimum Gasteiger partial charge on any atom is -0.356 e. The van der Waals surface area contributed by atoms with Gasteiger partial charge in [0.1, 0.15) is 0 Å². The number of nitrogens with one attached hydrogen (secondary N) is 2. The van der Waals surface area contributed by atoms with Crippen molar-refractivity contribution in [2.45, 2.75) is 32.7 Å². The van der Waals surface area contributed by atoms with Gasteiger partial charge in [0.05, 0.1) is 6.04 Å². The molecule has 5 heteroatoms. The molecule has 0 aliphatic carbocycles. The maximum atomic E-state index is 12.2. The first-order chi connectivity index (χ1) is 10.6. The summed E-state index contributed by atoms with van der Waals surface area (Å²) in [5.41, 5.74) is 0.958. The average Bonchev–Trinajstić information content (AvgIpc) is 2.87. The van der Waals surface area contributed by atoms with Gasteiger partial charge >= 0.3 is 0 Å². The van der Waals surface area contributed by atoms with E-state index in [9.17, 15) is 4.79 Å². The van der Waals surface area contributed by atoms with Crippen molar-refractivity contribution in [3.63, 3.8) is 0 Å². The van der Waals surface area contributed by atoms with E-state index in [0.29, 0.717) is 18.9 Å². The molecule has 1 aliphatic rings. The predicted octanol–water partition coefficient (Wildman–Crippen LogP) is 2.00. The molecule has 0 bridgehead atoms. The molecule has 0 saturated carbocycles. The number of para-hydroxylation sites is 1. The highest BCUT2D eigenvalue weighted by Gasteiger charge is 2.30. The average molecular weight is 302 g/mol. The Balaban J connectivity index is 1.88. The fourth-order valence-electron chi connectivity index (χ4n) is 2.53. The highest BCUT2D eigenvalue weighted by atomic mass is 16.2. The van der Waals surface area contributed by atoms with Gasteiger partial charge in [-0.2, -0.15) is 0 Å². The Morgan fingerprint density at radius 2 is 2.09 bits per heavy atom. The van der Waals surface area contributed by atoms with Crippen LogP contribution < -0.4 is 15.5 Å². The van der Waals surface area contributed by atoms with Crippen LogP contribution in [0.2, 0.25) is 0 Å². The van der Waals surface area contributed by atoms with Crippen LogP contribution in [0.4, 0.5) is 5.69 Å². The Morgan fingerprint density at radius 3 is 2.73 bits per heavy atom. The monoisotopic (exact) mass is 302 g/mol. The van der Waals surface area contributed by atoms with Gasteiger partial charge in [0, 0.05) is 32.2 Å². The van der Waals surface area contributed by atoms with Crippen molar-refractivity contribution in [1.82, 2.24) is 10.6 Å². The molecule has 5 nitrogen and oxygen atoms in total. The number of guanidine groups is 1. The van der Waals surface area contributed by atoms with Gasteiger partial charge in [-0.15, -0.1) is 0 Å². The zero-order chi connectivity index (χ0) is 15.9. The lowest BCUT2D eigenvalue weighted by Crippen LogP contribution is -2.45. The Morgan fingerprint density at radius 1 is 1.36 bits per heavy atom. The van der Waals surface area contributed by atoms with Gasteiger partial charge in [-0.3, -0.25) is 9.79 Å². The summed E-state index contributed by atoms with van der Waals surface area (Å²) >= 11 is 0. The zero-order valence-corrected chi connectivity index (χ0v) is 13.7. The summed E-state index contributed by atoms with van der Waals surface area (Å²) in [6.45, 7) is 5.96. The summed E-state index contributed by atoms with van der Waals surface area (Å²) in [5.74, 6) is 1.59. The smallest absolute Gasteiger partial charge is 0.229 e. The minimum absolute atomic E-state index is 0.0953. The lowest BCUT2D eigenvalue weighted by molar-refractivity contribution is -0.117. The molecule has 0 spiro atoms. The third-order valence-electron chi connectivity index (χ3n) is 3.77. The molecule has 1 aliphatic heterocycles. The topological polar surface area (TPSA) is 56.7 Å². The van der Waals surface area contributed by atoms with E-state index in [4.69, 9.17) is 0 Å². The van der Waals surface area contributed by atoms with Gasteiger partial charge in [0.25, 0.3) is 0 Å². The first kappa shape index (κ1) is 16.3. The summed E-state index contributed by atoms with van der Waals surface area (Å²) in [5, 5.41) is 6.65. The largest absolute Gasteiger partial charge is 0.356 e. The third-order valence-corrected chi connectivity index (χ3v) is 3.77. The highest BCUT2D eigenvalue weighted by molar-refractivity contribution is 5.97. The van der Waals surface area contributed by atoms with E-state index < -0.39 is 0 Å². The maximum absolute atomic E-state index is 12.2. The van der Waals surface area contributed by atoms with Crippen LogP contribution in [0.25, 0.3) is 0 Å². The molecule has 1 fully saturated rings. The third kappa shape index (κ3) is 4.48. The van der Waals surface area contributed by atoms with Crippen molar-refractivity contribution in [2.75, 3.05) is 25.0 Å². The van der Waals surface area contributed by atoms with Crippen molar-refractivity contribution in [1.29, 1.82) is 0 Å². The van der Waals surface area contributed by atoms with Crippen molar-refractivity contribution >= 4 is 17.6 Å². The van der Waals surface area contributed by atoms with Gasteiger partial charge in [0.15, 0.2) is 5.96 Å². The van der Waals surface area contributed by atoms with Crippen LogP contribution in [0.1, 0.15) is 26.7 Å². The van der Waals surface area contributed by atoms with Crippen molar-refractivity contribution in [3.05, 3.63) is 30.3 Å². The van der Waals surface area contributed by atoms with E-state index in [1.54, 1.807) is 7.05 Å². The molecule has 0 radical (unpaired) electrons. The van der Waals surface area contributed by atoms with E-state index in [1.807, 2.05) is 35.2 Å². The van der Waals surface area contributed by atoms with E-state index in [2.05, 4.69) is 29.5 Å². The Hall–Kier alpha value is -2.04. The van der Waals surface area contributed by atoms with Crippen LogP contribution in [0.15, 0.2) is 35.3 Å². The number of nitrogens with zero attached hydrogens (tertiary/aromatic N) is 2. The first-order valence-electron chi connectivity index (χ1n) is 7.92. The lowest BCUT2D eigenvalue weighted by Gasteiger charge is -2.19. The molecule has 2 rings (SSSR count). The Kier molecular flexibility index (Phi) is 5.81. The van der Waals surface area contributed by atoms with Crippen LogP contribution in [0.5, 0.6) is 0 Å². The number of anilines is 1. The molecule has 22 heavy (non-hydrogen) atoms. The number of hydrogen-bond acceptors (Lipinski definition) is 2. The van der Waals surface area contributed by atoms with Crippen LogP contribution in [0.3, 0.4) is 0 Å². The molecule has 1 unspecified atom stereocenters. The molecule has 120 valence electrons. The predicted molar refractivity (Wildman–Crippen MR) is 91.2 cm³/mol. The first-order valence-corrected chi connectivity index (χ1v) is 7.92. The number of carbonyl (C=O) groups is 1. The number of carbonyl (C=O) groups excluding carboxylic acids is 1. The zero-order valence-electron chi connectivity index (χ0n) is 13.7. The number of hydrogen-bond donors (Lipinski definition) is 2. The second-order valence-electron chi connectivity index (χ2n) is 6.07. The standard InChI is InChI=1S/C17H26N4O/c1-13(2)9-10-19-17(18-3)20-14-11-16(22)21(12-14)15-7-5-4-6-8-15/h4-8,13-14H,9-12H2,1-3H3,(H2,18,19,20). The quantitative estimate of drug-likeness (QED) is 0.646. The summed E-state index contributed by atoms with van der Waals surface area (Å²) in [7, 11) is 1.76. The number of benzene rings is 1. The molecular weight excluding hydrogens is 276 g/mol. The van der Waals surface area contributed by atoms with E-state index in [-0.39, 0.29) is 11.9 Å². The lowest BCUT2D eigenvalue weighted by atomic mass is 10.1. The molecule has 1 atom stereocenters. The van der Waals surface area contributed by atoms with Crippen molar-refractivity contribution in [3.8, 4) is 0 Å². The van der Waals surface area contributed by atoms with Gasteiger partial charge in [0.2, 0.25) is 5.91 Å². The molecular formula is C17H26N4O. The van der Waals surface area contributed by atoms with Crippen molar-refractivity contribution in [2.24, 2.45) is 10.9 Å². The SMILES string of the molecule is CN=C(NCCC(C)C)NC1CC(=O)N(c2ccccc2)C1. The molecule has 0 aromatic heterocycles. The second kappa shape index (κ2) is 7.82. The molecule has 2 N–H and O–H groups in total. The summed E-state index contributed by atoms with van der Waals surface area (Å²) < 4.78 is 0. The maximum Gasteiger partial charge on any atom is 0.229 e. The van der Waals surface area contributed by atoms with Crippen LogP contribution in [0, 0.1) is 5.92 Å². The Labute approximate surface area is 132 Å². The van der Waals surface area contributed by atoms with E-state index >= 15 is 0 Å². The summed E-state index contributed by atoms with van der Waals surface area (Å²) in [6, 6.07) is 9.90. The fraction of sp³-hybridized carbons (Fsp3) is 0.529. The summed E-state index contributed by atoms with van der Waals surface area (Å²) in [4.78, 5) is 18.3. The summed E-state index contributed by atoms with van der Waals surface area (Å²) in [6.07, 6.45) is 1.60. The van der Waals surface area contributed by atoms with E-state index in [1.165, 1.54) is 0 Å². The van der Waals surface area contributed by atoms with Gasteiger partial charge in [-0.25, -0.2) is 0 Å². The fourth-order valence-corrected chi connectivity index (χ4v) is 2.53. The molecule has 1 heterocycles. The Bertz CT molecular complexity index is 513. The van der Waals surface area contributed by atoms with Crippen molar-refractivity contribution < 1.29 is 4.79 Å². The molecule has 1 aromatic carbocycles. The number of rotatable bonds is 5. The van der Waals surface area contributed by atoms with Crippen LogP contribution >= 0.6 is 0 Å². The van der Waals surface area contributed by atoms with Gasteiger partial charge < -0.3 is 15.5 Å². The minimum atomic E-state index is 0.0953. The van der Waals surface area contributed by atoms with Gasteiger partial charge in [-0.05, 0) is 24.5 Å². The van der Waals surface area contributed by atoms with Crippen LogP contribution in [-0.4, -0.2) is 38.0 Å². The van der Waals surface area contributed by atoms with E-state index in [0.717, 1.165) is 24.6 Å². The number of amides is 1. The van der Waals surface area contributed by atoms with Crippen LogP contribution in [-0.2, 0) is 4.79 Å². The highest BCUT2D eigenvalue weighted by Crippen LogP contribution is 2.20. The normalized spacial score (nSPS) is 18.9. The molecule has 1 saturated heterocycles.